The number of hydrogen-bond donors (Lipinski definition) is 1. The fourth-order valence-corrected chi connectivity index (χ4v) is 4.50. The lowest BCUT2D eigenvalue weighted by molar-refractivity contribution is -0.114. The van der Waals surface area contributed by atoms with Gasteiger partial charge in [-0.05, 0) is 41.5 Å². The molecule has 0 unspecified atom stereocenters. The summed E-state index contributed by atoms with van der Waals surface area (Å²) in [7, 11) is 0. The molecule has 0 saturated carbocycles. The largest absolute Gasteiger partial charge is 0.490 e. The number of aliphatic imine (C=N–C) groups is 1. The molecule has 0 aliphatic carbocycles. The van der Waals surface area contributed by atoms with Gasteiger partial charge in [0.25, 0.3) is 5.91 Å². The van der Waals surface area contributed by atoms with Crippen LogP contribution in [0.1, 0.15) is 11.1 Å². The number of ether oxygens (including phenoxy) is 2. The Labute approximate surface area is 201 Å². The Morgan fingerprint density at radius 2 is 1.56 bits per heavy atom. The van der Waals surface area contributed by atoms with Crippen molar-refractivity contribution in [1.82, 2.24) is 4.90 Å². The van der Waals surface area contributed by atoms with E-state index in [1.807, 2.05) is 90.3 Å². The molecule has 3 aromatic rings. The van der Waals surface area contributed by atoms with Gasteiger partial charge in [0.1, 0.15) is 30.5 Å². The van der Waals surface area contributed by atoms with Crippen molar-refractivity contribution in [3.8, 4) is 11.5 Å². The molecule has 2 heterocycles. The molecule has 0 aromatic heterocycles. The van der Waals surface area contributed by atoms with Crippen LogP contribution in [0, 0.1) is 5.41 Å². The molecule has 5 rings (SSSR count). The maximum absolute atomic E-state index is 12.7. The minimum absolute atomic E-state index is 0.109. The van der Waals surface area contributed by atoms with Gasteiger partial charge in [-0.2, -0.15) is 4.99 Å². The van der Waals surface area contributed by atoms with E-state index in [4.69, 9.17) is 14.9 Å². The van der Waals surface area contributed by atoms with E-state index < -0.39 is 5.91 Å². The van der Waals surface area contributed by atoms with E-state index in [0.29, 0.717) is 24.1 Å². The summed E-state index contributed by atoms with van der Waals surface area (Å²) in [5, 5.41) is 11.2. The number of nitrogens with zero attached hydrogens (tertiary/aromatic N) is 2. The van der Waals surface area contributed by atoms with E-state index >= 15 is 0 Å². The number of carbonyl (C=O) groups is 1. The summed E-state index contributed by atoms with van der Waals surface area (Å²) in [5.41, 5.74) is 2.79. The lowest BCUT2D eigenvalue weighted by Gasteiger charge is -2.26. The Morgan fingerprint density at radius 3 is 2.32 bits per heavy atom. The molecule has 0 saturated heterocycles. The van der Waals surface area contributed by atoms with E-state index in [2.05, 4.69) is 4.99 Å². The molecule has 3 aromatic carbocycles. The predicted octanol–water partition coefficient (Wildman–Crippen LogP) is 5.45. The monoisotopic (exact) mass is 467 g/mol. The van der Waals surface area contributed by atoms with Crippen LogP contribution in [0.25, 0.3) is 11.8 Å². The van der Waals surface area contributed by atoms with Crippen molar-refractivity contribution >= 4 is 40.4 Å². The highest BCUT2D eigenvalue weighted by Gasteiger charge is 2.36. The Kier molecular flexibility index (Phi) is 6.27. The van der Waals surface area contributed by atoms with Gasteiger partial charge in [0.05, 0.1) is 11.3 Å². The van der Waals surface area contributed by atoms with Crippen molar-refractivity contribution in [2.24, 2.45) is 4.99 Å². The highest BCUT2D eigenvalue weighted by molar-refractivity contribution is 8.17. The zero-order valence-electron chi connectivity index (χ0n) is 18.2. The van der Waals surface area contributed by atoms with Crippen LogP contribution in [0.5, 0.6) is 11.5 Å². The number of carbonyl (C=O) groups excluding carboxylic acids is 1. The number of amides is 1. The number of thioether (sulfide) groups is 1. The molecule has 0 fully saturated rings. The third-order valence-corrected chi connectivity index (χ3v) is 6.04. The highest BCUT2D eigenvalue weighted by atomic mass is 32.2. The molecule has 0 spiro atoms. The topological polar surface area (TPSA) is 75.0 Å². The third kappa shape index (κ3) is 4.65. The van der Waals surface area contributed by atoms with Crippen molar-refractivity contribution in [2.45, 2.75) is 0 Å². The smallest absolute Gasteiger partial charge is 0.283 e. The standard InChI is InChI=1S/C27H21N3O3S/c28-25-23(26(31)29-27-30(25)24(18-34-27)20-9-3-1-4-10-20)17-19-8-7-13-22(16-19)33-15-14-32-21-11-5-2-6-12-21/h1-13,16-18,28H,14-15H2/b23-17+,28-25?. The Morgan fingerprint density at radius 1 is 0.882 bits per heavy atom. The van der Waals surface area contributed by atoms with Crippen molar-refractivity contribution in [3.63, 3.8) is 0 Å². The number of benzene rings is 3. The zero-order chi connectivity index (χ0) is 23.3. The number of nitrogens with one attached hydrogen (secondary N) is 1. The lowest BCUT2D eigenvalue weighted by Crippen LogP contribution is -2.38. The first-order chi connectivity index (χ1) is 16.7. The van der Waals surface area contributed by atoms with Crippen LogP contribution in [0.3, 0.4) is 0 Å². The van der Waals surface area contributed by atoms with E-state index in [-0.39, 0.29) is 11.4 Å². The number of rotatable bonds is 7. The normalized spacial score (nSPS) is 16.2. The first kappa shape index (κ1) is 21.7. The van der Waals surface area contributed by atoms with Crippen LogP contribution in [-0.4, -0.2) is 35.0 Å². The van der Waals surface area contributed by atoms with E-state index in [1.54, 1.807) is 11.0 Å². The molecule has 0 atom stereocenters. The summed E-state index contributed by atoms with van der Waals surface area (Å²) in [5.74, 6) is 1.14. The second kappa shape index (κ2) is 9.80. The van der Waals surface area contributed by atoms with Crippen LogP contribution in [0.15, 0.2) is 101 Å². The molecular formula is C27H21N3O3S. The lowest BCUT2D eigenvalue weighted by atomic mass is 10.1. The second-order valence-corrected chi connectivity index (χ2v) is 8.35. The molecule has 2 aliphatic rings. The zero-order valence-corrected chi connectivity index (χ0v) is 19.0. The second-order valence-electron chi connectivity index (χ2n) is 7.51. The number of para-hydroxylation sites is 1. The maximum atomic E-state index is 12.7. The molecule has 2 aliphatic heterocycles. The number of hydrogen-bond acceptors (Lipinski definition) is 5. The SMILES string of the molecule is N=C1/C(=C\c2cccc(OCCOc3ccccc3)c2)C(=O)N=C2SC=C(c3ccccc3)N12. The van der Waals surface area contributed by atoms with Crippen LogP contribution in [-0.2, 0) is 4.79 Å². The number of amidine groups is 2. The van der Waals surface area contributed by atoms with Gasteiger partial charge in [-0.25, -0.2) is 0 Å². The van der Waals surface area contributed by atoms with Crippen molar-refractivity contribution < 1.29 is 14.3 Å². The highest BCUT2D eigenvalue weighted by Crippen LogP contribution is 2.37. The van der Waals surface area contributed by atoms with E-state index in [0.717, 1.165) is 22.6 Å². The minimum atomic E-state index is -0.422. The van der Waals surface area contributed by atoms with Gasteiger partial charge < -0.3 is 9.47 Å². The van der Waals surface area contributed by atoms with Crippen LogP contribution in [0.4, 0.5) is 0 Å². The Bertz CT molecular complexity index is 1320. The van der Waals surface area contributed by atoms with Crippen molar-refractivity contribution in [2.75, 3.05) is 13.2 Å². The van der Waals surface area contributed by atoms with E-state index in [1.165, 1.54) is 11.8 Å². The Hall–Kier alpha value is -4.10. The van der Waals surface area contributed by atoms with Gasteiger partial charge in [-0.3, -0.25) is 15.1 Å². The summed E-state index contributed by atoms with van der Waals surface area (Å²) in [6.45, 7) is 0.796. The first-order valence-corrected chi connectivity index (χ1v) is 11.6. The summed E-state index contributed by atoms with van der Waals surface area (Å²) < 4.78 is 11.5. The van der Waals surface area contributed by atoms with Crippen LogP contribution < -0.4 is 9.47 Å². The summed E-state index contributed by atoms with van der Waals surface area (Å²) >= 11 is 1.35. The van der Waals surface area contributed by atoms with Gasteiger partial charge in [-0.15, -0.1) is 0 Å². The van der Waals surface area contributed by atoms with Crippen molar-refractivity contribution in [1.29, 1.82) is 5.41 Å². The summed E-state index contributed by atoms with van der Waals surface area (Å²) in [6, 6.07) is 26.8. The molecule has 168 valence electrons. The third-order valence-electron chi connectivity index (χ3n) is 5.22. The molecule has 7 heteroatoms. The predicted molar refractivity (Wildman–Crippen MR) is 136 cm³/mol. The summed E-state index contributed by atoms with van der Waals surface area (Å²) in [4.78, 5) is 18.7. The van der Waals surface area contributed by atoms with Gasteiger partial charge >= 0.3 is 0 Å². The molecule has 34 heavy (non-hydrogen) atoms. The fourth-order valence-electron chi connectivity index (χ4n) is 3.61. The van der Waals surface area contributed by atoms with Crippen LogP contribution >= 0.6 is 11.8 Å². The number of fused-ring (bicyclic) bond motifs is 1. The van der Waals surface area contributed by atoms with Gasteiger partial charge in [0.15, 0.2) is 5.17 Å². The average Bonchev–Trinajstić information content (AvgIpc) is 3.30. The first-order valence-electron chi connectivity index (χ1n) is 10.8. The minimum Gasteiger partial charge on any atom is -0.490 e. The van der Waals surface area contributed by atoms with E-state index in [9.17, 15) is 4.79 Å². The van der Waals surface area contributed by atoms with Crippen LogP contribution in [0.2, 0.25) is 0 Å². The van der Waals surface area contributed by atoms with Gasteiger partial charge in [0.2, 0.25) is 0 Å². The molecular weight excluding hydrogens is 446 g/mol. The maximum Gasteiger partial charge on any atom is 0.283 e. The quantitative estimate of drug-likeness (QED) is 0.370. The fraction of sp³-hybridized carbons (Fsp3) is 0.0741. The van der Waals surface area contributed by atoms with Gasteiger partial charge in [-0.1, -0.05) is 72.4 Å². The average molecular weight is 468 g/mol. The molecule has 0 radical (unpaired) electrons. The molecule has 1 amide bonds. The Balaban J connectivity index is 1.30. The van der Waals surface area contributed by atoms with Gasteiger partial charge in [0, 0.05) is 5.41 Å². The summed E-state index contributed by atoms with van der Waals surface area (Å²) in [6.07, 6.45) is 1.68. The molecule has 6 nitrogen and oxygen atoms in total. The van der Waals surface area contributed by atoms with Crippen molar-refractivity contribution in [3.05, 3.63) is 107 Å². The molecule has 0 bridgehead atoms. The molecule has 1 N–H and O–H groups in total.